The molecule has 1 aromatic carbocycles. The van der Waals surface area contributed by atoms with Crippen molar-refractivity contribution in [3.8, 4) is 0 Å². The third-order valence-electron chi connectivity index (χ3n) is 3.19. The predicted molar refractivity (Wildman–Crippen MR) is 73.8 cm³/mol. The number of halogens is 3. The number of alkyl halides is 1. The molecule has 0 amide bonds. The van der Waals surface area contributed by atoms with Crippen molar-refractivity contribution < 1.29 is 4.74 Å². The molecule has 1 aliphatic rings. The standard InChI is InChI=1S/C12H11Cl3N2O/c13-5-12-16-10-3-8(14)9(15)4-11(10)17(12)7-1-2-18-6-7/h3-4,7H,1-2,5-6H2. The van der Waals surface area contributed by atoms with E-state index in [9.17, 15) is 0 Å². The molecule has 2 aromatic rings. The van der Waals surface area contributed by atoms with E-state index < -0.39 is 0 Å². The van der Waals surface area contributed by atoms with E-state index in [1.54, 1.807) is 6.07 Å². The molecule has 18 heavy (non-hydrogen) atoms. The van der Waals surface area contributed by atoms with Crippen LogP contribution >= 0.6 is 34.8 Å². The summed E-state index contributed by atoms with van der Waals surface area (Å²) in [6.07, 6.45) is 0.968. The molecule has 0 aliphatic carbocycles. The molecule has 3 rings (SSSR count). The minimum absolute atomic E-state index is 0.279. The zero-order valence-electron chi connectivity index (χ0n) is 9.50. The van der Waals surface area contributed by atoms with Crippen LogP contribution in [0.3, 0.4) is 0 Å². The van der Waals surface area contributed by atoms with Crippen LogP contribution in [0, 0.1) is 0 Å². The molecule has 1 saturated heterocycles. The second kappa shape index (κ2) is 4.89. The van der Waals surface area contributed by atoms with E-state index in [0.717, 1.165) is 29.9 Å². The average Bonchev–Trinajstić information content (AvgIpc) is 2.96. The first-order valence-corrected chi connectivity index (χ1v) is 6.99. The smallest absolute Gasteiger partial charge is 0.125 e. The van der Waals surface area contributed by atoms with Crippen molar-refractivity contribution in [3.05, 3.63) is 28.0 Å². The first-order valence-electron chi connectivity index (χ1n) is 5.70. The van der Waals surface area contributed by atoms with Crippen molar-refractivity contribution in [2.24, 2.45) is 0 Å². The van der Waals surface area contributed by atoms with Gasteiger partial charge in [-0.3, -0.25) is 0 Å². The summed E-state index contributed by atoms with van der Waals surface area (Å²) in [4.78, 5) is 4.51. The fraction of sp³-hybridized carbons (Fsp3) is 0.417. The van der Waals surface area contributed by atoms with Crippen LogP contribution in [0.2, 0.25) is 10.0 Å². The van der Waals surface area contributed by atoms with Gasteiger partial charge in [0.2, 0.25) is 0 Å². The lowest BCUT2D eigenvalue weighted by Crippen LogP contribution is -2.11. The number of benzene rings is 1. The number of imidazole rings is 1. The lowest BCUT2D eigenvalue weighted by Gasteiger charge is -2.14. The Bertz CT molecular complexity index is 591. The van der Waals surface area contributed by atoms with Crippen molar-refractivity contribution in [1.29, 1.82) is 0 Å². The van der Waals surface area contributed by atoms with Gasteiger partial charge < -0.3 is 9.30 Å². The Kier molecular flexibility index (Phi) is 3.41. The number of nitrogens with zero attached hydrogens (tertiary/aromatic N) is 2. The van der Waals surface area contributed by atoms with Gasteiger partial charge in [-0.2, -0.15) is 0 Å². The molecular weight excluding hydrogens is 295 g/mol. The van der Waals surface area contributed by atoms with E-state index in [-0.39, 0.29) is 6.04 Å². The van der Waals surface area contributed by atoms with Gasteiger partial charge in [0.15, 0.2) is 0 Å². The SMILES string of the molecule is ClCc1nc2cc(Cl)c(Cl)cc2n1C1CCOC1. The zero-order chi connectivity index (χ0) is 12.7. The van der Waals surface area contributed by atoms with E-state index in [2.05, 4.69) is 9.55 Å². The van der Waals surface area contributed by atoms with Crippen molar-refractivity contribution in [2.45, 2.75) is 18.3 Å². The molecule has 1 atom stereocenters. The monoisotopic (exact) mass is 304 g/mol. The highest BCUT2D eigenvalue weighted by molar-refractivity contribution is 6.42. The topological polar surface area (TPSA) is 27.1 Å². The highest BCUT2D eigenvalue weighted by atomic mass is 35.5. The molecule has 2 heterocycles. The highest BCUT2D eigenvalue weighted by Gasteiger charge is 2.23. The minimum atomic E-state index is 0.279. The third kappa shape index (κ3) is 1.99. The van der Waals surface area contributed by atoms with Gasteiger partial charge in [-0.05, 0) is 18.6 Å². The molecule has 0 saturated carbocycles. The molecule has 1 aromatic heterocycles. The van der Waals surface area contributed by atoms with Gasteiger partial charge in [0.1, 0.15) is 5.82 Å². The van der Waals surface area contributed by atoms with Gasteiger partial charge in [0.25, 0.3) is 0 Å². The van der Waals surface area contributed by atoms with Crippen LogP contribution < -0.4 is 0 Å². The summed E-state index contributed by atoms with van der Waals surface area (Å²) < 4.78 is 7.56. The summed E-state index contributed by atoms with van der Waals surface area (Å²) in [5.74, 6) is 1.20. The lowest BCUT2D eigenvalue weighted by atomic mass is 10.2. The van der Waals surface area contributed by atoms with E-state index in [4.69, 9.17) is 39.5 Å². The Labute approximate surface area is 120 Å². The molecule has 0 N–H and O–H groups in total. The Morgan fingerprint density at radius 2 is 2.11 bits per heavy atom. The van der Waals surface area contributed by atoms with Crippen LogP contribution in [0.5, 0.6) is 0 Å². The zero-order valence-corrected chi connectivity index (χ0v) is 11.8. The molecule has 0 radical (unpaired) electrons. The van der Waals surface area contributed by atoms with Gasteiger partial charge in [-0.1, -0.05) is 23.2 Å². The molecule has 3 nitrogen and oxygen atoms in total. The van der Waals surface area contributed by atoms with Crippen LogP contribution in [-0.2, 0) is 10.6 Å². The second-order valence-electron chi connectivity index (χ2n) is 4.30. The van der Waals surface area contributed by atoms with Crippen LogP contribution in [-0.4, -0.2) is 22.8 Å². The summed E-state index contributed by atoms with van der Waals surface area (Å²) in [5.41, 5.74) is 1.79. The number of hydrogen-bond donors (Lipinski definition) is 0. The molecule has 1 aliphatic heterocycles. The number of rotatable bonds is 2. The third-order valence-corrected chi connectivity index (χ3v) is 4.16. The van der Waals surface area contributed by atoms with Crippen molar-refractivity contribution in [2.75, 3.05) is 13.2 Å². The normalized spacial score (nSPS) is 19.8. The Balaban J connectivity index is 2.23. The van der Waals surface area contributed by atoms with E-state index >= 15 is 0 Å². The molecule has 6 heteroatoms. The van der Waals surface area contributed by atoms with Crippen LogP contribution in [0.15, 0.2) is 12.1 Å². The molecule has 96 valence electrons. The maximum Gasteiger partial charge on any atom is 0.125 e. The highest BCUT2D eigenvalue weighted by Crippen LogP contribution is 2.32. The Morgan fingerprint density at radius 1 is 1.33 bits per heavy atom. The summed E-state index contributed by atoms with van der Waals surface area (Å²) in [6.45, 7) is 1.46. The van der Waals surface area contributed by atoms with Gasteiger partial charge in [0, 0.05) is 6.61 Å². The Hall–Kier alpha value is -0.480. The summed E-state index contributed by atoms with van der Waals surface area (Å²) >= 11 is 18.1. The largest absolute Gasteiger partial charge is 0.379 e. The van der Waals surface area contributed by atoms with Crippen molar-refractivity contribution >= 4 is 45.8 Å². The number of ether oxygens (including phenoxy) is 1. The minimum Gasteiger partial charge on any atom is -0.379 e. The van der Waals surface area contributed by atoms with Crippen LogP contribution in [0.25, 0.3) is 11.0 Å². The molecule has 0 spiro atoms. The van der Waals surface area contributed by atoms with Gasteiger partial charge in [-0.25, -0.2) is 4.98 Å². The quantitative estimate of drug-likeness (QED) is 0.783. The maximum absolute atomic E-state index is 6.08. The van der Waals surface area contributed by atoms with E-state index in [1.807, 2.05) is 6.07 Å². The van der Waals surface area contributed by atoms with Gasteiger partial charge in [-0.15, -0.1) is 11.6 Å². The fourth-order valence-corrected chi connectivity index (χ4v) is 2.87. The van der Waals surface area contributed by atoms with E-state index in [1.165, 1.54) is 0 Å². The maximum atomic E-state index is 6.08. The first-order chi connectivity index (χ1) is 8.70. The van der Waals surface area contributed by atoms with Gasteiger partial charge in [0.05, 0.1) is 39.6 Å². The molecule has 1 fully saturated rings. The second-order valence-corrected chi connectivity index (χ2v) is 5.39. The van der Waals surface area contributed by atoms with E-state index in [0.29, 0.717) is 22.5 Å². The van der Waals surface area contributed by atoms with Crippen LogP contribution in [0.4, 0.5) is 0 Å². The van der Waals surface area contributed by atoms with Crippen molar-refractivity contribution in [3.63, 3.8) is 0 Å². The average molecular weight is 306 g/mol. The Morgan fingerprint density at radius 3 is 2.78 bits per heavy atom. The first kappa shape index (κ1) is 12.5. The lowest BCUT2D eigenvalue weighted by molar-refractivity contribution is 0.187. The fourth-order valence-electron chi connectivity index (χ4n) is 2.37. The summed E-state index contributed by atoms with van der Waals surface area (Å²) in [6, 6.07) is 3.91. The number of hydrogen-bond acceptors (Lipinski definition) is 2. The molecule has 1 unspecified atom stereocenters. The molecular formula is C12H11Cl3N2O. The number of fused-ring (bicyclic) bond motifs is 1. The van der Waals surface area contributed by atoms with Gasteiger partial charge >= 0.3 is 0 Å². The number of aromatic nitrogens is 2. The predicted octanol–water partition coefficient (Wildman–Crippen LogP) is 4.04. The summed E-state index contributed by atoms with van der Waals surface area (Å²) in [7, 11) is 0. The molecule has 0 bridgehead atoms. The summed E-state index contributed by atoms with van der Waals surface area (Å²) in [5, 5.41) is 1.04. The van der Waals surface area contributed by atoms with Crippen LogP contribution in [0.1, 0.15) is 18.3 Å². The van der Waals surface area contributed by atoms with Crippen molar-refractivity contribution in [1.82, 2.24) is 9.55 Å².